The number of rotatable bonds is 5. The molecule has 3 amide bonds. The molecular weight excluding hydrogens is 246 g/mol. The van der Waals surface area contributed by atoms with E-state index in [1.54, 1.807) is 0 Å². The molecule has 1 aromatic carbocycles. The second-order valence-electron chi connectivity index (χ2n) is 3.85. The van der Waals surface area contributed by atoms with Gasteiger partial charge in [-0.25, -0.2) is 0 Å². The lowest BCUT2D eigenvalue weighted by molar-refractivity contribution is -0.139. The van der Waals surface area contributed by atoms with Crippen LogP contribution in [0.1, 0.15) is 5.56 Å². The normalized spacial score (nSPS) is 9.53. The van der Waals surface area contributed by atoms with Crippen LogP contribution in [0.15, 0.2) is 30.3 Å². The summed E-state index contributed by atoms with van der Waals surface area (Å²) in [6.07, 6.45) is 0.718. The van der Waals surface area contributed by atoms with E-state index in [4.69, 9.17) is 0 Å². The third-order valence-corrected chi connectivity index (χ3v) is 2.42. The molecule has 0 unspecified atom stereocenters. The summed E-state index contributed by atoms with van der Waals surface area (Å²) in [6, 6.07) is 9.73. The Bertz CT molecular complexity index is 446. The van der Waals surface area contributed by atoms with E-state index in [1.807, 2.05) is 30.3 Å². The van der Waals surface area contributed by atoms with Crippen LogP contribution in [0, 0.1) is 0 Å². The van der Waals surface area contributed by atoms with E-state index in [0.29, 0.717) is 6.54 Å². The second-order valence-corrected chi connectivity index (χ2v) is 3.85. The number of hydrogen-bond donors (Lipinski definition) is 3. The molecule has 0 saturated carbocycles. The van der Waals surface area contributed by atoms with Gasteiger partial charge in [-0.1, -0.05) is 30.3 Å². The summed E-state index contributed by atoms with van der Waals surface area (Å²) in [5.41, 5.74) is 1.12. The van der Waals surface area contributed by atoms with Gasteiger partial charge in [-0.2, -0.15) is 0 Å². The SMILES string of the molecule is CNC(=O)C(=O)NCC(=O)NCCc1ccccc1. The third kappa shape index (κ3) is 5.67. The highest BCUT2D eigenvalue weighted by Crippen LogP contribution is 1.97. The van der Waals surface area contributed by atoms with Crippen molar-refractivity contribution in [2.75, 3.05) is 20.1 Å². The van der Waals surface area contributed by atoms with Gasteiger partial charge in [0.05, 0.1) is 6.54 Å². The van der Waals surface area contributed by atoms with Crippen molar-refractivity contribution in [3.05, 3.63) is 35.9 Å². The van der Waals surface area contributed by atoms with Crippen LogP contribution < -0.4 is 16.0 Å². The first kappa shape index (κ1) is 14.7. The van der Waals surface area contributed by atoms with Crippen molar-refractivity contribution >= 4 is 17.7 Å². The number of benzene rings is 1. The summed E-state index contributed by atoms with van der Waals surface area (Å²) in [5, 5.41) is 7.05. The topological polar surface area (TPSA) is 87.3 Å². The molecule has 102 valence electrons. The smallest absolute Gasteiger partial charge is 0.309 e. The number of carbonyl (C=O) groups excluding carboxylic acids is 3. The first-order valence-electron chi connectivity index (χ1n) is 5.94. The number of likely N-dealkylation sites (N-methyl/N-ethyl adjacent to an activating group) is 1. The van der Waals surface area contributed by atoms with Crippen LogP contribution in [0.2, 0.25) is 0 Å². The number of hydrogen-bond acceptors (Lipinski definition) is 3. The van der Waals surface area contributed by atoms with E-state index in [0.717, 1.165) is 12.0 Å². The molecule has 19 heavy (non-hydrogen) atoms. The maximum atomic E-state index is 11.4. The van der Waals surface area contributed by atoms with E-state index in [1.165, 1.54) is 7.05 Å². The van der Waals surface area contributed by atoms with Gasteiger partial charge in [0.2, 0.25) is 5.91 Å². The van der Waals surface area contributed by atoms with E-state index in [2.05, 4.69) is 16.0 Å². The lowest BCUT2D eigenvalue weighted by Gasteiger charge is -2.06. The molecule has 0 aliphatic carbocycles. The van der Waals surface area contributed by atoms with Crippen molar-refractivity contribution in [1.82, 2.24) is 16.0 Å². The fourth-order valence-corrected chi connectivity index (χ4v) is 1.41. The van der Waals surface area contributed by atoms with Crippen molar-refractivity contribution in [2.24, 2.45) is 0 Å². The van der Waals surface area contributed by atoms with Crippen LogP contribution in [0.4, 0.5) is 0 Å². The van der Waals surface area contributed by atoms with Crippen LogP contribution in [0.3, 0.4) is 0 Å². The average Bonchev–Trinajstić information content (AvgIpc) is 2.45. The molecule has 0 fully saturated rings. The third-order valence-electron chi connectivity index (χ3n) is 2.42. The number of amides is 3. The Morgan fingerprint density at radius 3 is 2.32 bits per heavy atom. The van der Waals surface area contributed by atoms with E-state index in [-0.39, 0.29) is 12.5 Å². The quantitative estimate of drug-likeness (QED) is 0.608. The molecule has 0 saturated heterocycles. The fraction of sp³-hybridized carbons (Fsp3) is 0.308. The molecule has 0 atom stereocenters. The van der Waals surface area contributed by atoms with Crippen molar-refractivity contribution < 1.29 is 14.4 Å². The predicted molar refractivity (Wildman–Crippen MR) is 70.2 cm³/mol. The van der Waals surface area contributed by atoms with E-state index in [9.17, 15) is 14.4 Å². The van der Waals surface area contributed by atoms with Crippen LogP contribution in [-0.2, 0) is 20.8 Å². The van der Waals surface area contributed by atoms with Crippen LogP contribution in [0.25, 0.3) is 0 Å². The molecule has 1 rings (SSSR count). The highest BCUT2D eigenvalue weighted by atomic mass is 16.2. The fourth-order valence-electron chi connectivity index (χ4n) is 1.41. The minimum Gasteiger partial charge on any atom is -0.354 e. The summed E-state index contributed by atoms with van der Waals surface area (Å²) in [7, 11) is 1.35. The van der Waals surface area contributed by atoms with Crippen molar-refractivity contribution in [2.45, 2.75) is 6.42 Å². The Morgan fingerprint density at radius 1 is 1.00 bits per heavy atom. The van der Waals surface area contributed by atoms with E-state index >= 15 is 0 Å². The highest BCUT2D eigenvalue weighted by molar-refractivity contribution is 6.35. The van der Waals surface area contributed by atoms with Gasteiger partial charge in [0.1, 0.15) is 0 Å². The molecule has 6 nitrogen and oxygen atoms in total. The highest BCUT2D eigenvalue weighted by Gasteiger charge is 2.11. The summed E-state index contributed by atoms with van der Waals surface area (Å²) < 4.78 is 0. The Kier molecular flexibility index (Phi) is 6.08. The predicted octanol–water partition coefficient (Wildman–Crippen LogP) is -0.792. The van der Waals surface area contributed by atoms with Crippen LogP contribution >= 0.6 is 0 Å². The van der Waals surface area contributed by atoms with Gasteiger partial charge in [-0.05, 0) is 12.0 Å². The molecular formula is C13H17N3O3. The van der Waals surface area contributed by atoms with Gasteiger partial charge < -0.3 is 16.0 Å². The molecule has 0 aromatic heterocycles. The van der Waals surface area contributed by atoms with Crippen molar-refractivity contribution in [3.8, 4) is 0 Å². The Morgan fingerprint density at radius 2 is 1.68 bits per heavy atom. The Labute approximate surface area is 111 Å². The largest absolute Gasteiger partial charge is 0.354 e. The lowest BCUT2D eigenvalue weighted by Crippen LogP contribution is -2.43. The first-order chi connectivity index (χ1) is 9.13. The van der Waals surface area contributed by atoms with Gasteiger partial charge >= 0.3 is 11.8 Å². The molecule has 6 heteroatoms. The van der Waals surface area contributed by atoms with Gasteiger partial charge in [0.15, 0.2) is 0 Å². The standard InChI is InChI=1S/C13H17N3O3/c1-14-12(18)13(19)16-9-11(17)15-8-7-10-5-3-2-4-6-10/h2-6H,7-9H2,1H3,(H,14,18)(H,15,17)(H,16,19). The monoisotopic (exact) mass is 263 g/mol. The minimum atomic E-state index is -0.819. The van der Waals surface area contributed by atoms with Gasteiger partial charge in [0.25, 0.3) is 0 Å². The van der Waals surface area contributed by atoms with E-state index < -0.39 is 11.8 Å². The number of carbonyl (C=O) groups is 3. The maximum Gasteiger partial charge on any atom is 0.309 e. The number of nitrogens with one attached hydrogen (secondary N) is 3. The summed E-state index contributed by atoms with van der Waals surface area (Å²) in [6.45, 7) is 0.278. The minimum absolute atomic E-state index is 0.207. The Balaban J connectivity index is 2.18. The summed E-state index contributed by atoms with van der Waals surface area (Å²) in [5.74, 6) is -1.91. The molecule has 0 spiro atoms. The zero-order valence-corrected chi connectivity index (χ0v) is 10.7. The molecule has 0 aliphatic heterocycles. The van der Waals surface area contributed by atoms with Crippen molar-refractivity contribution in [1.29, 1.82) is 0 Å². The molecule has 3 N–H and O–H groups in total. The van der Waals surface area contributed by atoms with Gasteiger partial charge in [0, 0.05) is 13.6 Å². The van der Waals surface area contributed by atoms with Crippen LogP contribution in [-0.4, -0.2) is 37.9 Å². The average molecular weight is 263 g/mol. The second kappa shape index (κ2) is 7.86. The molecule has 0 radical (unpaired) electrons. The van der Waals surface area contributed by atoms with Gasteiger partial charge in [-0.3, -0.25) is 14.4 Å². The molecule has 1 aromatic rings. The zero-order chi connectivity index (χ0) is 14.1. The first-order valence-corrected chi connectivity index (χ1v) is 5.94. The molecule has 0 heterocycles. The maximum absolute atomic E-state index is 11.4. The lowest BCUT2D eigenvalue weighted by atomic mass is 10.1. The summed E-state index contributed by atoms with van der Waals surface area (Å²) in [4.78, 5) is 33.3. The Hall–Kier alpha value is -2.37. The zero-order valence-electron chi connectivity index (χ0n) is 10.7. The molecule has 0 aliphatic rings. The van der Waals surface area contributed by atoms with Crippen LogP contribution in [0.5, 0.6) is 0 Å². The van der Waals surface area contributed by atoms with Crippen molar-refractivity contribution in [3.63, 3.8) is 0 Å². The molecule has 0 bridgehead atoms. The van der Waals surface area contributed by atoms with Gasteiger partial charge in [-0.15, -0.1) is 0 Å². The summed E-state index contributed by atoms with van der Waals surface area (Å²) >= 11 is 0.